The Bertz CT molecular complexity index is 580. The van der Waals surface area contributed by atoms with E-state index in [-0.39, 0.29) is 6.10 Å². The maximum Gasteiger partial charge on any atom is 0.149 e. The van der Waals surface area contributed by atoms with Crippen molar-refractivity contribution in [3.63, 3.8) is 0 Å². The van der Waals surface area contributed by atoms with E-state index in [9.17, 15) is 0 Å². The van der Waals surface area contributed by atoms with E-state index in [2.05, 4.69) is 21.6 Å². The quantitative estimate of drug-likeness (QED) is 0.911. The Morgan fingerprint density at radius 3 is 3.00 bits per heavy atom. The van der Waals surface area contributed by atoms with Crippen molar-refractivity contribution in [2.45, 2.75) is 32.4 Å². The number of rotatable bonds is 3. The van der Waals surface area contributed by atoms with Gasteiger partial charge in [0, 0.05) is 17.7 Å². The van der Waals surface area contributed by atoms with Crippen molar-refractivity contribution in [3.05, 3.63) is 11.1 Å². The summed E-state index contributed by atoms with van der Waals surface area (Å²) in [5.41, 5.74) is 7.93. The predicted molar refractivity (Wildman–Crippen MR) is 79.8 cm³/mol. The van der Waals surface area contributed by atoms with Gasteiger partial charge in [-0.25, -0.2) is 4.98 Å². The molecule has 1 aliphatic heterocycles. The molecule has 19 heavy (non-hydrogen) atoms. The van der Waals surface area contributed by atoms with E-state index < -0.39 is 0 Å². The minimum absolute atomic E-state index is 0.217. The van der Waals surface area contributed by atoms with Crippen molar-refractivity contribution in [2.75, 3.05) is 17.7 Å². The number of nitrogens with one attached hydrogen (secondary N) is 1. The molecule has 2 unspecified atom stereocenters. The summed E-state index contributed by atoms with van der Waals surface area (Å²) in [4.78, 5) is 4.50. The largest absolute Gasteiger partial charge is 0.382 e. The van der Waals surface area contributed by atoms with Gasteiger partial charge in [-0.1, -0.05) is 0 Å². The first-order valence-electron chi connectivity index (χ1n) is 6.21. The number of anilines is 2. The van der Waals surface area contributed by atoms with Crippen molar-refractivity contribution < 1.29 is 4.74 Å². The molecule has 0 aliphatic carbocycles. The Morgan fingerprint density at radius 1 is 1.53 bits per heavy atom. The third-order valence-electron chi connectivity index (χ3n) is 3.24. The molecule has 3 N–H and O–H groups in total. The maximum atomic E-state index is 5.99. The van der Waals surface area contributed by atoms with Crippen LogP contribution in [0.25, 0.3) is 10.6 Å². The van der Waals surface area contributed by atoms with E-state index in [0.29, 0.717) is 11.9 Å². The molecule has 0 radical (unpaired) electrons. The second kappa shape index (κ2) is 5.07. The van der Waals surface area contributed by atoms with Gasteiger partial charge in [-0.3, -0.25) is 0 Å². The highest BCUT2D eigenvalue weighted by atomic mass is 32.1. The SMILES string of the molecule is Cc1csc(-c2c(N)nsc2NC2CCOC2C)n1. The number of hydrogen-bond acceptors (Lipinski definition) is 7. The smallest absolute Gasteiger partial charge is 0.149 e. The van der Waals surface area contributed by atoms with E-state index in [1.807, 2.05) is 12.3 Å². The van der Waals surface area contributed by atoms with Crippen molar-refractivity contribution in [3.8, 4) is 10.6 Å². The molecule has 1 aliphatic rings. The van der Waals surface area contributed by atoms with Gasteiger partial charge in [0.1, 0.15) is 15.8 Å². The first kappa shape index (κ1) is 12.8. The van der Waals surface area contributed by atoms with Crippen LogP contribution < -0.4 is 11.1 Å². The fourth-order valence-electron chi connectivity index (χ4n) is 2.17. The van der Waals surface area contributed by atoms with Crippen LogP contribution in [0.4, 0.5) is 10.8 Å². The molecule has 0 saturated carbocycles. The third kappa shape index (κ3) is 2.45. The molecule has 2 atom stereocenters. The van der Waals surface area contributed by atoms with Gasteiger partial charge in [0.05, 0.1) is 17.7 Å². The molecule has 0 spiro atoms. The lowest BCUT2D eigenvalue weighted by Crippen LogP contribution is -2.26. The first-order valence-corrected chi connectivity index (χ1v) is 7.86. The maximum absolute atomic E-state index is 5.99. The zero-order chi connectivity index (χ0) is 13.4. The summed E-state index contributed by atoms with van der Waals surface area (Å²) in [6, 6.07) is 0.319. The summed E-state index contributed by atoms with van der Waals surface area (Å²) < 4.78 is 9.82. The summed E-state index contributed by atoms with van der Waals surface area (Å²) >= 11 is 2.99. The van der Waals surface area contributed by atoms with E-state index in [1.54, 1.807) is 11.3 Å². The molecule has 0 aromatic carbocycles. The number of thiazole rings is 1. The monoisotopic (exact) mass is 296 g/mol. The summed E-state index contributed by atoms with van der Waals surface area (Å²) in [6.45, 7) is 4.87. The molecule has 2 aromatic heterocycles. The van der Waals surface area contributed by atoms with Crippen LogP contribution in [0.15, 0.2) is 5.38 Å². The number of ether oxygens (including phenoxy) is 1. The van der Waals surface area contributed by atoms with Crippen LogP contribution >= 0.6 is 22.9 Å². The van der Waals surface area contributed by atoms with Crippen LogP contribution in [0.2, 0.25) is 0 Å². The molecule has 102 valence electrons. The van der Waals surface area contributed by atoms with Gasteiger partial charge in [-0.2, -0.15) is 4.37 Å². The molecule has 2 aromatic rings. The zero-order valence-corrected chi connectivity index (χ0v) is 12.5. The van der Waals surface area contributed by atoms with Gasteiger partial charge < -0.3 is 15.8 Å². The first-order chi connectivity index (χ1) is 9.15. The van der Waals surface area contributed by atoms with Crippen LogP contribution in [0.5, 0.6) is 0 Å². The van der Waals surface area contributed by atoms with Gasteiger partial charge in [0.25, 0.3) is 0 Å². The summed E-state index contributed by atoms with van der Waals surface area (Å²) in [6.07, 6.45) is 1.23. The molecule has 5 nitrogen and oxygen atoms in total. The van der Waals surface area contributed by atoms with Gasteiger partial charge in [0.15, 0.2) is 0 Å². The van der Waals surface area contributed by atoms with E-state index in [0.717, 1.165) is 34.3 Å². The fraction of sp³-hybridized carbons (Fsp3) is 0.500. The Labute approximate surface area is 120 Å². The number of nitrogens with two attached hydrogens (primary N) is 1. The molecule has 1 saturated heterocycles. The Morgan fingerprint density at radius 2 is 2.37 bits per heavy atom. The predicted octanol–water partition coefficient (Wildman–Crippen LogP) is 2.75. The van der Waals surface area contributed by atoms with Gasteiger partial charge in [-0.05, 0) is 31.8 Å². The number of nitrogens with zero attached hydrogens (tertiary/aromatic N) is 2. The molecule has 1 fully saturated rings. The molecule has 3 heterocycles. The van der Waals surface area contributed by atoms with Crippen LogP contribution in [0, 0.1) is 6.92 Å². The van der Waals surface area contributed by atoms with Gasteiger partial charge in [-0.15, -0.1) is 11.3 Å². The standard InChI is InChI=1S/C12H16N4OS2/c1-6-5-18-11(14-6)9-10(13)16-19-12(9)15-8-3-4-17-7(8)2/h5,7-8,15H,3-4H2,1-2H3,(H2,13,16). The lowest BCUT2D eigenvalue weighted by atomic mass is 10.1. The highest BCUT2D eigenvalue weighted by Gasteiger charge is 2.26. The van der Waals surface area contributed by atoms with Crippen molar-refractivity contribution in [2.24, 2.45) is 0 Å². The van der Waals surface area contributed by atoms with E-state index in [1.165, 1.54) is 11.5 Å². The van der Waals surface area contributed by atoms with Crippen molar-refractivity contribution in [1.82, 2.24) is 9.36 Å². The molecular formula is C12H16N4OS2. The summed E-state index contributed by atoms with van der Waals surface area (Å²) in [7, 11) is 0. The molecular weight excluding hydrogens is 280 g/mol. The van der Waals surface area contributed by atoms with E-state index >= 15 is 0 Å². The highest BCUT2D eigenvalue weighted by Crippen LogP contribution is 2.39. The fourth-order valence-corrected chi connectivity index (χ4v) is 3.86. The minimum Gasteiger partial charge on any atom is -0.382 e. The Balaban J connectivity index is 1.90. The lowest BCUT2D eigenvalue weighted by Gasteiger charge is -2.16. The molecule has 7 heteroatoms. The summed E-state index contributed by atoms with van der Waals surface area (Å²) in [5, 5.41) is 7.45. The Hall–Kier alpha value is -1.18. The Kier molecular flexibility index (Phi) is 3.42. The van der Waals surface area contributed by atoms with Crippen LogP contribution in [-0.2, 0) is 4.74 Å². The lowest BCUT2D eigenvalue weighted by molar-refractivity contribution is 0.121. The zero-order valence-electron chi connectivity index (χ0n) is 10.8. The normalized spacial score (nSPS) is 22.8. The summed E-state index contributed by atoms with van der Waals surface area (Å²) in [5.74, 6) is 0.549. The molecule has 0 bridgehead atoms. The van der Waals surface area contributed by atoms with Gasteiger partial charge >= 0.3 is 0 Å². The molecule has 3 rings (SSSR count). The second-order valence-electron chi connectivity index (χ2n) is 4.68. The van der Waals surface area contributed by atoms with Gasteiger partial charge in [0.2, 0.25) is 0 Å². The number of aromatic nitrogens is 2. The number of hydrogen-bond donors (Lipinski definition) is 2. The van der Waals surface area contributed by atoms with Crippen LogP contribution in [0.3, 0.4) is 0 Å². The average molecular weight is 296 g/mol. The highest BCUT2D eigenvalue weighted by molar-refractivity contribution is 7.15. The van der Waals surface area contributed by atoms with Crippen LogP contribution in [-0.4, -0.2) is 28.1 Å². The third-order valence-corrected chi connectivity index (χ3v) is 5.01. The average Bonchev–Trinajstić information content (AvgIpc) is 3.04. The topological polar surface area (TPSA) is 73.1 Å². The van der Waals surface area contributed by atoms with E-state index in [4.69, 9.17) is 10.5 Å². The van der Waals surface area contributed by atoms with Crippen molar-refractivity contribution in [1.29, 1.82) is 0 Å². The number of aryl methyl sites for hydroxylation is 1. The minimum atomic E-state index is 0.217. The van der Waals surface area contributed by atoms with Crippen LogP contribution in [0.1, 0.15) is 19.0 Å². The second-order valence-corrected chi connectivity index (χ2v) is 6.31. The van der Waals surface area contributed by atoms with Crippen molar-refractivity contribution >= 4 is 33.7 Å². The molecule has 0 amide bonds. The number of nitrogen functional groups attached to an aromatic ring is 1.